The molecule has 1 aliphatic heterocycles. The van der Waals surface area contributed by atoms with Crippen LogP contribution in [0.4, 0.5) is 0 Å². The van der Waals surface area contributed by atoms with E-state index < -0.39 is 76.9 Å². The molecular weight excluding hydrogens is 520 g/mol. The molecule has 2 bridgehead atoms. The summed E-state index contributed by atoms with van der Waals surface area (Å²) in [6.45, 7) is 8.50. The van der Waals surface area contributed by atoms with E-state index in [1.165, 1.54) is 26.8 Å². The van der Waals surface area contributed by atoms with Crippen LogP contribution in [0.2, 0.25) is 0 Å². The van der Waals surface area contributed by atoms with Gasteiger partial charge >= 0.3 is 23.9 Å². The molecule has 1 N–H and O–H groups in total. The van der Waals surface area contributed by atoms with Crippen LogP contribution in [0.15, 0.2) is 36.4 Å². The predicted molar refractivity (Wildman–Crippen MR) is 141 cm³/mol. The van der Waals surface area contributed by atoms with Crippen molar-refractivity contribution in [2.24, 2.45) is 11.3 Å². The number of hydrogen-bond acceptors (Lipinski definition) is 10. The van der Waals surface area contributed by atoms with Gasteiger partial charge in [-0.25, -0.2) is 4.79 Å². The molecule has 0 unspecified atom stereocenters. The van der Waals surface area contributed by atoms with E-state index in [-0.39, 0.29) is 19.3 Å². The molecule has 218 valence electrons. The fraction of sp³-hybridized carbons (Fsp3) is 0.600. The van der Waals surface area contributed by atoms with Gasteiger partial charge < -0.3 is 28.8 Å². The van der Waals surface area contributed by atoms with Crippen molar-refractivity contribution < 1.29 is 48.0 Å². The minimum absolute atomic E-state index is 0.113. The average molecular weight is 559 g/mol. The Labute approximate surface area is 233 Å². The van der Waals surface area contributed by atoms with Gasteiger partial charge in [-0.3, -0.25) is 14.4 Å². The maximum Gasteiger partial charge on any atom is 0.331 e. The number of ether oxygens (including phenoxy) is 5. The van der Waals surface area contributed by atoms with Gasteiger partial charge in [-0.15, -0.1) is 0 Å². The summed E-state index contributed by atoms with van der Waals surface area (Å²) in [5.41, 5.74) is -5.23. The molecular formula is C30H38O10. The van der Waals surface area contributed by atoms with Crippen molar-refractivity contribution in [1.29, 1.82) is 0 Å². The monoisotopic (exact) mass is 558 g/mol. The highest BCUT2D eigenvalue weighted by molar-refractivity contribution is 5.87. The molecule has 1 spiro atoms. The summed E-state index contributed by atoms with van der Waals surface area (Å²) < 4.78 is 30.2. The van der Waals surface area contributed by atoms with Crippen LogP contribution in [0.3, 0.4) is 0 Å². The van der Waals surface area contributed by atoms with Crippen LogP contribution < -0.4 is 0 Å². The molecule has 3 aliphatic rings. The van der Waals surface area contributed by atoms with E-state index in [0.717, 1.165) is 5.56 Å². The summed E-state index contributed by atoms with van der Waals surface area (Å²) in [7, 11) is 0. The Morgan fingerprint density at radius 1 is 0.950 bits per heavy atom. The van der Waals surface area contributed by atoms with Gasteiger partial charge in [0.1, 0.15) is 30.3 Å². The number of fused-ring (bicyclic) bond motifs is 1. The fourth-order valence-corrected chi connectivity index (χ4v) is 7.15. The minimum atomic E-state index is -1.76. The number of carbonyl (C=O) groups excluding carboxylic acids is 4. The van der Waals surface area contributed by atoms with E-state index in [1.807, 2.05) is 44.2 Å². The highest BCUT2D eigenvalue weighted by Gasteiger charge is 2.84. The van der Waals surface area contributed by atoms with Gasteiger partial charge in [0, 0.05) is 32.8 Å². The van der Waals surface area contributed by atoms with Gasteiger partial charge in [-0.05, 0) is 51.7 Å². The summed E-state index contributed by atoms with van der Waals surface area (Å²) in [5.74, 6) is -3.03. The molecule has 1 aromatic rings. The van der Waals surface area contributed by atoms with Crippen LogP contribution in [0.5, 0.6) is 0 Å². The van der Waals surface area contributed by atoms with Crippen LogP contribution in [-0.2, 0) is 42.9 Å². The van der Waals surface area contributed by atoms with E-state index >= 15 is 0 Å². The first kappa shape index (κ1) is 29.7. The second kappa shape index (κ2) is 10.6. The standard InChI is InChI=1S/C30H38O10/c1-18(31)36-17-29-23(37-19(2)32)14-15-28(6,35)30(29)26(38-20(3)33)22(27(4,5)40-30)16-24(29)39-25(34)13-12-21-10-8-7-9-11-21/h7-13,22-24,26,35H,14-17H2,1-6H3/b13-12+/t22-,23+,24-,26-,28+,29+,30+/m1/s1. The molecule has 10 heteroatoms. The number of rotatable bonds is 7. The van der Waals surface area contributed by atoms with Crippen LogP contribution in [0, 0.1) is 11.3 Å². The van der Waals surface area contributed by atoms with Crippen molar-refractivity contribution in [2.45, 2.75) is 95.9 Å². The molecule has 3 fully saturated rings. The average Bonchev–Trinajstić information content (AvgIpc) is 3.02. The molecule has 4 rings (SSSR count). The third kappa shape index (κ3) is 4.92. The second-order valence-corrected chi connectivity index (χ2v) is 11.7. The van der Waals surface area contributed by atoms with E-state index in [9.17, 15) is 24.3 Å². The molecule has 1 aromatic carbocycles. The molecule has 7 atom stereocenters. The maximum absolute atomic E-state index is 13.3. The zero-order chi connectivity index (χ0) is 29.5. The first-order valence-corrected chi connectivity index (χ1v) is 13.5. The summed E-state index contributed by atoms with van der Waals surface area (Å²) in [6.07, 6.45) is 0.229. The zero-order valence-electron chi connectivity index (χ0n) is 23.8. The van der Waals surface area contributed by atoms with Crippen molar-refractivity contribution in [3.63, 3.8) is 0 Å². The van der Waals surface area contributed by atoms with Crippen molar-refractivity contribution in [1.82, 2.24) is 0 Å². The molecule has 2 aliphatic carbocycles. The van der Waals surface area contributed by atoms with Gasteiger partial charge in [-0.1, -0.05) is 30.3 Å². The molecule has 1 saturated heterocycles. The maximum atomic E-state index is 13.3. The zero-order valence-corrected chi connectivity index (χ0v) is 23.8. The highest BCUT2D eigenvalue weighted by Crippen LogP contribution is 2.68. The van der Waals surface area contributed by atoms with Crippen molar-refractivity contribution in [3.05, 3.63) is 42.0 Å². The Hall–Kier alpha value is -3.24. The van der Waals surface area contributed by atoms with Crippen LogP contribution in [0.1, 0.15) is 66.4 Å². The van der Waals surface area contributed by atoms with Crippen molar-refractivity contribution in [3.8, 4) is 0 Å². The van der Waals surface area contributed by atoms with Gasteiger partial charge in [0.25, 0.3) is 0 Å². The topological polar surface area (TPSA) is 135 Å². The van der Waals surface area contributed by atoms with Crippen LogP contribution in [0.25, 0.3) is 6.08 Å². The second-order valence-electron chi connectivity index (χ2n) is 11.7. The lowest BCUT2D eigenvalue weighted by molar-refractivity contribution is -0.341. The number of esters is 4. The van der Waals surface area contributed by atoms with E-state index in [0.29, 0.717) is 0 Å². The van der Waals surface area contributed by atoms with Crippen LogP contribution in [-0.4, -0.2) is 70.7 Å². The molecule has 40 heavy (non-hydrogen) atoms. The lowest BCUT2D eigenvalue weighted by Gasteiger charge is -2.64. The van der Waals surface area contributed by atoms with Gasteiger partial charge in [0.05, 0.1) is 11.2 Å². The molecule has 1 heterocycles. The normalized spacial score (nSPS) is 35.9. The quantitative estimate of drug-likeness (QED) is 0.302. The van der Waals surface area contributed by atoms with Gasteiger partial charge in [0.15, 0.2) is 5.60 Å². The van der Waals surface area contributed by atoms with Crippen molar-refractivity contribution >= 4 is 30.0 Å². The lowest BCUT2D eigenvalue weighted by atomic mass is 9.47. The summed E-state index contributed by atoms with van der Waals surface area (Å²) in [4.78, 5) is 50.2. The van der Waals surface area contributed by atoms with Crippen molar-refractivity contribution in [2.75, 3.05) is 6.61 Å². The highest BCUT2D eigenvalue weighted by atomic mass is 16.6. The summed E-state index contributed by atoms with van der Waals surface area (Å²) in [5, 5.41) is 12.1. The molecule has 10 nitrogen and oxygen atoms in total. The molecule has 0 aromatic heterocycles. The number of aliphatic hydroxyl groups is 1. The van der Waals surface area contributed by atoms with E-state index in [1.54, 1.807) is 13.0 Å². The van der Waals surface area contributed by atoms with E-state index in [2.05, 4.69) is 0 Å². The van der Waals surface area contributed by atoms with E-state index in [4.69, 9.17) is 23.7 Å². The Kier molecular flexibility index (Phi) is 7.90. The lowest BCUT2D eigenvalue weighted by Crippen LogP contribution is -2.81. The number of hydrogen-bond donors (Lipinski definition) is 1. The first-order valence-electron chi connectivity index (χ1n) is 13.5. The summed E-state index contributed by atoms with van der Waals surface area (Å²) in [6, 6.07) is 9.19. The molecule has 0 radical (unpaired) electrons. The minimum Gasteiger partial charge on any atom is -0.465 e. The predicted octanol–water partition coefficient (Wildman–Crippen LogP) is 3.14. The Morgan fingerprint density at radius 2 is 1.60 bits per heavy atom. The number of benzene rings is 1. The Bertz CT molecular complexity index is 1190. The van der Waals surface area contributed by atoms with Gasteiger partial charge in [0.2, 0.25) is 0 Å². The number of carbonyl (C=O) groups is 4. The smallest absolute Gasteiger partial charge is 0.331 e. The Morgan fingerprint density at radius 3 is 2.20 bits per heavy atom. The SMILES string of the molecule is CC(=O)OC[C@@]12[C@@H](OC(C)=O)CC[C@](C)(O)[C@]13OC(C)(C)[C@H](C[C@H]2OC(=O)/C=C/c1ccccc1)[C@H]3OC(C)=O. The molecule has 2 saturated carbocycles. The Balaban J connectivity index is 1.91. The van der Waals surface area contributed by atoms with Crippen LogP contribution >= 0.6 is 0 Å². The first-order chi connectivity index (χ1) is 18.7. The largest absolute Gasteiger partial charge is 0.465 e. The third-order valence-electron chi connectivity index (χ3n) is 8.67. The fourth-order valence-electron chi connectivity index (χ4n) is 7.15. The van der Waals surface area contributed by atoms with Gasteiger partial charge in [-0.2, -0.15) is 0 Å². The molecule has 0 amide bonds. The summed E-state index contributed by atoms with van der Waals surface area (Å²) >= 11 is 0. The third-order valence-corrected chi connectivity index (χ3v) is 8.67.